The lowest BCUT2D eigenvalue weighted by Crippen LogP contribution is -2.33. The molecule has 0 radical (unpaired) electrons. The molecular formula is C18H16N2O3S2. The van der Waals surface area contributed by atoms with Gasteiger partial charge in [-0.2, -0.15) is 0 Å². The summed E-state index contributed by atoms with van der Waals surface area (Å²) in [7, 11) is 3.17. The predicted octanol–water partition coefficient (Wildman–Crippen LogP) is 3.93. The zero-order valence-corrected chi connectivity index (χ0v) is 15.3. The van der Waals surface area contributed by atoms with Crippen molar-refractivity contribution in [2.45, 2.75) is 0 Å². The number of hydrogen-bond acceptors (Lipinski definition) is 6. The molecule has 0 aromatic heterocycles. The van der Waals surface area contributed by atoms with E-state index in [1.807, 2.05) is 42.5 Å². The van der Waals surface area contributed by atoms with Gasteiger partial charge in [0.1, 0.15) is 11.5 Å². The summed E-state index contributed by atoms with van der Waals surface area (Å²) < 4.78 is 11.0. The largest absolute Gasteiger partial charge is 0.497 e. The van der Waals surface area contributed by atoms with Crippen molar-refractivity contribution in [3.8, 4) is 11.5 Å². The number of para-hydroxylation sites is 1. The van der Waals surface area contributed by atoms with Gasteiger partial charge in [0.2, 0.25) is 0 Å². The van der Waals surface area contributed by atoms with E-state index in [9.17, 15) is 4.79 Å². The van der Waals surface area contributed by atoms with Gasteiger partial charge in [-0.3, -0.25) is 10.2 Å². The standard InChI is InChI=1S/C18H16N2O3S2/c1-22-14-9-8-12(15(11-14)23-2)10-16-17(21)20(18(24)25-16)19-13-6-4-3-5-7-13/h3-11,19H,1-2H3/b16-10-. The number of anilines is 1. The zero-order chi connectivity index (χ0) is 17.8. The Morgan fingerprint density at radius 1 is 1.12 bits per heavy atom. The average Bonchev–Trinajstić information content (AvgIpc) is 2.90. The van der Waals surface area contributed by atoms with Gasteiger partial charge in [0.15, 0.2) is 4.32 Å². The maximum Gasteiger partial charge on any atom is 0.285 e. The highest BCUT2D eigenvalue weighted by Crippen LogP contribution is 2.35. The van der Waals surface area contributed by atoms with Crippen molar-refractivity contribution in [2.75, 3.05) is 19.6 Å². The highest BCUT2D eigenvalue weighted by Gasteiger charge is 2.32. The number of hydrazine groups is 1. The molecule has 0 aliphatic carbocycles. The third kappa shape index (κ3) is 3.78. The topological polar surface area (TPSA) is 50.8 Å². The second-order valence-corrected chi connectivity index (χ2v) is 6.78. The van der Waals surface area contributed by atoms with Crippen LogP contribution in [0.5, 0.6) is 11.5 Å². The highest BCUT2D eigenvalue weighted by atomic mass is 32.2. The van der Waals surface area contributed by atoms with E-state index in [2.05, 4.69) is 5.43 Å². The number of thioether (sulfide) groups is 1. The Hall–Kier alpha value is -2.51. The molecule has 2 aromatic rings. The van der Waals surface area contributed by atoms with Gasteiger partial charge < -0.3 is 9.47 Å². The first kappa shape index (κ1) is 17.3. The quantitative estimate of drug-likeness (QED) is 0.634. The van der Waals surface area contributed by atoms with Crippen LogP contribution in [0, 0.1) is 0 Å². The molecule has 7 heteroatoms. The van der Waals surface area contributed by atoms with Crippen LogP contribution in [0.3, 0.4) is 0 Å². The van der Waals surface area contributed by atoms with E-state index in [-0.39, 0.29) is 5.91 Å². The van der Waals surface area contributed by atoms with E-state index >= 15 is 0 Å². The molecule has 1 N–H and O–H groups in total. The lowest BCUT2D eigenvalue weighted by Gasteiger charge is -2.16. The van der Waals surface area contributed by atoms with E-state index in [0.29, 0.717) is 20.7 Å². The molecule has 1 aliphatic heterocycles. The summed E-state index contributed by atoms with van der Waals surface area (Å²) in [6.07, 6.45) is 1.77. The maximum atomic E-state index is 12.7. The number of methoxy groups -OCH3 is 2. The molecule has 1 amide bonds. The minimum atomic E-state index is -0.197. The zero-order valence-electron chi connectivity index (χ0n) is 13.7. The monoisotopic (exact) mass is 372 g/mol. The molecule has 1 heterocycles. The molecule has 0 spiro atoms. The molecule has 1 fully saturated rings. The summed E-state index contributed by atoms with van der Waals surface area (Å²) in [5.41, 5.74) is 4.61. The Bertz CT molecular complexity index is 837. The van der Waals surface area contributed by atoms with E-state index in [1.165, 1.54) is 16.8 Å². The van der Waals surface area contributed by atoms with E-state index in [4.69, 9.17) is 21.7 Å². The normalized spacial score (nSPS) is 15.6. The molecule has 1 aliphatic rings. The van der Waals surface area contributed by atoms with Crippen LogP contribution in [0.4, 0.5) is 5.69 Å². The average molecular weight is 372 g/mol. The smallest absolute Gasteiger partial charge is 0.285 e. The lowest BCUT2D eigenvalue weighted by atomic mass is 10.1. The number of carbonyl (C=O) groups is 1. The first-order valence-electron chi connectivity index (χ1n) is 7.44. The summed E-state index contributed by atoms with van der Waals surface area (Å²) in [4.78, 5) is 13.2. The summed E-state index contributed by atoms with van der Waals surface area (Å²) in [5, 5.41) is 1.37. The van der Waals surface area contributed by atoms with Crippen LogP contribution >= 0.6 is 24.0 Å². The van der Waals surface area contributed by atoms with Crippen molar-refractivity contribution in [1.82, 2.24) is 5.01 Å². The molecule has 25 heavy (non-hydrogen) atoms. The molecule has 3 rings (SSSR count). The van der Waals surface area contributed by atoms with Gasteiger partial charge in [0, 0.05) is 11.6 Å². The molecule has 2 aromatic carbocycles. The van der Waals surface area contributed by atoms with Crippen LogP contribution in [0.15, 0.2) is 53.4 Å². The fourth-order valence-corrected chi connectivity index (χ4v) is 3.46. The van der Waals surface area contributed by atoms with Crippen LogP contribution < -0.4 is 14.9 Å². The Morgan fingerprint density at radius 2 is 1.88 bits per heavy atom. The van der Waals surface area contributed by atoms with E-state index < -0.39 is 0 Å². The minimum Gasteiger partial charge on any atom is -0.497 e. The fourth-order valence-electron chi connectivity index (χ4n) is 2.28. The summed E-state index contributed by atoms with van der Waals surface area (Å²) >= 11 is 6.57. The molecule has 5 nitrogen and oxygen atoms in total. The Labute approximate surface area is 155 Å². The van der Waals surface area contributed by atoms with Crippen LogP contribution in [0.1, 0.15) is 5.56 Å². The number of carbonyl (C=O) groups excluding carboxylic acids is 1. The van der Waals surface area contributed by atoms with Crippen molar-refractivity contribution < 1.29 is 14.3 Å². The Balaban J connectivity index is 1.85. The van der Waals surface area contributed by atoms with Crippen molar-refractivity contribution in [3.05, 3.63) is 59.0 Å². The Kier molecular flexibility index (Phi) is 5.25. The van der Waals surface area contributed by atoms with Gasteiger partial charge in [-0.1, -0.05) is 30.0 Å². The summed E-state index contributed by atoms with van der Waals surface area (Å²) in [5.74, 6) is 1.12. The number of nitrogens with one attached hydrogen (secondary N) is 1. The Morgan fingerprint density at radius 3 is 2.56 bits per heavy atom. The molecular weight excluding hydrogens is 356 g/mol. The maximum absolute atomic E-state index is 12.7. The van der Waals surface area contributed by atoms with Crippen LogP contribution in [0.25, 0.3) is 6.08 Å². The number of rotatable bonds is 5. The van der Waals surface area contributed by atoms with Gasteiger partial charge >= 0.3 is 0 Å². The molecule has 0 unspecified atom stereocenters. The fraction of sp³-hybridized carbons (Fsp3) is 0.111. The van der Waals surface area contributed by atoms with Crippen LogP contribution in [0.2, 0.25) is 0 Å². The number of benzene rings is 2. The predicted molar refractivity (Wildman–Crippen MR) is 105 cm³/mol. The van der Waals surface area contributed by atoms with Crippen LogP contribution in [-0.2, 0) is 4.79 Å². The third-order valence-corrected chi connectivity index (χ3v) is 4.84. The van der Waals surface area contributed by atoms with Gasteiger partial charge in [-0.05, 0) is 42.6 Å². The highest BCUT2D eigenvalue weighted by molar-refractivity contribution is 8.26. The van der Waals surface area contributed by atoms with E-state index in [1.54, 1.807) is 26.4 Å². The van der Waals surface area contributed by atoms with E-state index in [0.717, 1.165) is 11.3 Å². The van der Waals surface area contributed by atoms with Crippen LogP contribution in [-0.4, -0.2) is 29.5 Å². The number of thiocarbonyl (C=S) groups is 1. The summed E-state index contributed by atoms with van der Waals surface area (Å²) in [6.45, 7) is 0. The second-order valence-electron chi connectivity index (χ2n) is 5.10. The van der Waals surface area contributed by atoms with Crippen molar-refractivity contribution in [1.29, 1.82) is 0 Å². The first-order valence-corrected chi connectivity index (χ1v) is 8.66. The van der Waals surface area contributed by atoms with Gasteiger partial charge in [-0.15, -0.1) is 0 Å². The first-order chi connectivity index (χ1) is 12.1. The van der Waals surface area contributed by atoms with Gasteiger partial charge in [-0.25, -0.2) is 5.01 Å². The van der Waals surface area contributed by atoms with Gasteiger partial charge in [0.05, 0.1) is 24.8 Å². The number of amides is 1. The van der Waals surface area contributed by atoms with Crippen molar-refractivity contribution in [2.24, 2.45) is 0 Å². The van der Waals surface area contributed by atoms with Crippen molar-refractivity contribution in [3.63, 3.8) is 0 Å². The molecule has 0 bridgehead atoms. The number of hydrogen-bond donors (Lipinski definition) is 1. The SMILES string of the molecule is COc1ccc(/C=C2\SC(=S)N(Nc3ccccc3)C2=O)c(OC)c1. The lowest BCUT2D eigenvalue weighted by molar-refractivity contribution is -0.121. The third-order valence-electron chi connectivity index (χ3n) is 3.54. The number of nitrogens with zero attached hydrogens (tertiary/aromatic N) is 1. The molecule has 128 valence electrons. The summed E-state index contributed by atoms with van der Waals surface area (Å²) in [6, 6.07) is 14.9. The molecule has 0 saturated carbocycles. The number of ether oxygens (including phenoxy) is 2. The molecule has 1 saturated heterocycles. The van der Waals surface area contributed by atoms with Gasteiger partial charge in [0.25, 0.3) is 5.91 Å². The van der Waals surface area contributed by atoms with Crippen molar-refractivity contribution >= 4 is 46.0 Å². The minimum absolute atomic E-state index is 0.197. The molecule has 0 atom stereocenters. The second kappa shape index (κ2) is 7.58.